The predicted molar refractivity (Wildman–Crippen MR) is 123 cm³/mol. The zero-order valence-electron chi connectivity index (χ0n) is 18.6. The van der Waals surface area contributed by atoms with E-state index in [1.807, 2.05) is 57.2 Å². The van der Waals surface area contributed by atoms with Crippen molar-refractivity contribution in [3.05, 3.63) is 59.7 Å². The molecule has 0 fully saturated rings. The summed E-state index contributed by atoms with van der Waals surface area (Å²) in [6.45, 7) is 9.76. The number of nitrogens with zero attached hydrogens (tertiary/aromatic N) is 2. The van der Waals surface area contributed by atoms with Crippen molar-refractivity contribution >= 4 is 23.0 Å². The molecule has 1 aromatic heterocycles. The van der Waals surface area contributed by atoms with Crippen molar-refractivity contribution in [2.24, 2.45) is 5.92 Å². The van der Waals surface area contributed by atoms with Crippen LogP contribution >= 0.6 is 0 Å². The maximum Gasteiger partial charge on any atom is 0.250 e. The summed E-state index contributed by atoms with van der Waals surface area (Å²) in [5.41, 5.74) is 6.76. The van der Waals surface area contributed by atoms with Crippen molar-refractivity contribution in [3.8, 4) is 22.8 Å². The fourth-order valence-electron chi connectivity index (χ4n) is 3.88. The Balaban J connectivity index is 1.84. The molecule has 0 aliphatic heterocycles. The van der Waals surface area contributed by atoms with Gasteiger partial charge in [-0.25, -0.2) is 0 Å². The van der Waals surface area contributed by atoms with Crippen molar-refractivity contribution < 1.29 is 14.3 Å². The SMILES string of the molecule is C=C(C)c1cccc(Nc2nn(C(=O)C(C)C)c3c2Cc2cc(OC)c(OC)cc2-3)c1. The average molecular weight is 418 g/mol. The number of ether oxygens (including phenoxy) is 2. The topological polar surface area (TPSA) is 65.4 Å². The molecule has 3 aromatic rings. The summed E-state index contributed by atoms with van der Waals surface area (Å²) in [7, 11) is 3.23. The van der Waals surface area contributed by atoms with Crippen LogP contribution in [0.2, 0.25) is 0 Å². The molecule has 1 aliphatic carbocycles. The van der Waals surface area contributed by atoms with Crippen molar-refractivity contribution in [3.63, 3.8) is 0 Å². The molecule has 0 unspecified atom stereocenters. The third-order valence-corrected chi connectivity index (χ3v) is 5.54. The van der Waals surface area contributed by atoms with E-state index >= 15 is 0 Å². The molecular weight excluding hydrogens is 390 g/mol. The van der Waals surface area contributed by atoms with Gasteiger partial charge >= 0.3 is 0 Å². The normalized spacial score (nSPS) is 11.8. The number of methoxy groups -OCH3 is 2. The molecule has 0 saturated heterocycles. The van der Waals surface area contributed by atoms with Gasteiger partial charge in [-0.15, -0.1) is 5.10 Å². The number of fused-ring (bicyclic) bond motifs is 3. The van der Waals surface area contributed by atoms with Crippen LogP contribution < -0.4 is 14.8 Å². The van der Waals surface area contributed by atoms with Crippen LogP contribution in [0, 0.1) is 5.92 Å². The largest absolute Gasteiger partial charge is 0.493 e. The minimum atomic E-state index is -0.187. The second-order valence-corrected chi connectivity index (χ2v) is 8.11. The first kappa shape index (κ1) is 20.7. The Morgan fingerprint density at radius 2 is 1.87 bits per heavy atom. The summed E-state index contributed by atoms with van der Waals surface area (Å²) in [5.74, 6) is 1.74. The van der Waals surface area contributed by atoms with Gasteiger partial charge in [-0.2, -0.15) is 4.68 Å². The number of rotatable bonds is 6. The molecule has 160 valence electrons. The molecule has 31 heavy (non-hydrogen) atoms. The Morgan fingerprint density at radius 1 is 1.16 bits per heavy atom. The van der Waals surface area contributed by atoms with Crippen LogP contribution in [0.1, 0.15) is 42.3 Å². The van der Waals surface area contributed by atoms with Crippen LogP contribution in [-0.4, -0.2) is 29.9 Å². The van der Waals surface area contributed by atoms with Gasteiger partial charge in [0.25, 0.3) is 0 Å². The Hall–Kier alpha value is -3.54. The second-order valence-electron chi connectivity index (χ2n) is 8.11. The average Bonchev–Trinajstić information content (AvgIpc) is 3.29. The van der Waals surface area contributed by atoms with Gasteiger partial charge in [-0.1, -0.05) is 38.1 Å². The molecular formula is C25H27N3O3. The fourth-order valence-corrected chi connectivity index (χ4v) is 3.88. The zero-order valence-corrected chi connectivity index (χ0v) is 18.6. The fraction of sp³-hybridized carbons (Fsp3) is 0.280. The molecule has 0 atom stereocenters. The highest BCUT2D eigenvalue weighted by atomic mass is 16.5. The molecule has 0 spiro atoms. The molecule has 6 heteroatoms. The number of carbonyl (C=O) groups is 1. The van der Waals surface area contributed by atoms with E-state index in [1.54, 1.807) is 14.2 Å². The smallest absolute Gasteiger partial charge is 0.250 e. The minimum Gasteiger partial charge on any atom is -0.493 e. The standard InChI is InChI=1S/C25H27N3O3/c1-14(2)16-8-7-9-18(10-16)26-24-20-11-17-12-21(30-5)22(31-6)13-19(17)23(20)28(27-24)25(29)15(3)4/h7-10,12-13,15H,1,11H2,2-6H3,(H,26,27). The van der Waals surface area contributed by atoms with Gasteiger partial charge in [0.15, 0.2) is 17.3 Å². The molecule has 0 radical (unpaired) electrons. The van der Waals surface area contributed by atoms with Crippen molar-refractivity contribution in [1.82, 2.24) is 9.78 Å². The van der Waals surface area contributed by atoms with Gasteiger partial charge in [-0.3, -0.25) is 4.79 Å². The summed E-state index contributed by atoms with van der Waals surface area (Å²) < 4.78 is 12.5. The number of allylic oxidation sites excluding steroid dienone is 1. The third kappa shape index (κ3) is 3.58. The zero-order chi connectivity index (χ0) is 22.3. The summed E-state index contributed by atoms with van der Waals surface area (Å²) in [4.78, 5) is 13.0. The lowest BCUT2D eigenvalue weighted by Crippen LogP contribution is -2.19. The summed E-state index contributed by atoms with van der Waals surface area (Å²) in [6, 6.07) is 11.9. The molecule has 0 bridgehead atoms. The number of hydrogen-bond acceptors (Lipinski definition) is 5. The number of hydrogen-bond donors (Lipinski definition) is 1. The quantitative estimate of drug-likeness (QED) is 0.446. The van der Waals surface area contributed by atoms with E-state index in [0.717, 1.165) is 39.2 Å². The molecule has 2 aromatic carbocycles. The summed E-state index contributed by atoms with van der Waals surface area (Å²) in [6.07, 6.45) is 0.652. The first-order valence-electron chi connectivity index (χ1n) is 10.3. The molecule has 0 amide bonds. The van der Waals surface area contributed by atoms with Gasteiger partial charge in [0.2, 0.25) is 5.91 Å². The lowest BCUT2D eigenvalue weighted by atomic mass is 10.1. The first-order chi connectivity index (χ1) is 14.8. The highest BCUT2D eigenvalue weighted by Crippen LogP contribution is 2.45. The number of aromatic nitrogens is 2. The lowest BCUT2D eigenvalue weighted by molar-refractivity contribution is 0.0841. The molecule has 1 aliphatic rings. The van der Waals surface area contributed by atoms with Crippen LogP contribution in [0.5, 0.6) is 11.5 Å². The number of nitrogens with one attached hydrogen (secondary N) is 1. The first-order valence-corrected chi connectivity index (χ1v) is 10.3. The number of carbonyl (C=O) groups excluding carboxylic acids is 1. The van der Waals surface area contributed by atoms with Crippen LogP contribution in [0.25, 0.3) is 16.8 Å². The molecule has 4 rings (SSSR count). The highest BCUT2D eigenvalue weighted by molar-refractivity contribution is 5.91. The number of benzene rings is 2. The maximum atomic E-state index is 13.0. The van der Waals surface area contributed by atoms with Gasteiger partial charge < -0.3 is 14.8 Å². The van der Waals surface area contributed by atoms with Gasteiger partial charge in [0, 0.05) is 29.2 Å². The van der Waals surface area contributed by atoms with E-state index in [1.165, 1.54) is 4.68 Å². The van der Waals surface area contributed by atoms with E-state index < -0.39 is 0 Å². The van der Waals surface area contributed by atoms with E-state index in [2.05, 4.69) is 17.0 Å². The van der Waals surface area contributed by atoms with Crippen molar-refractivity contribution in [2.45, 2.75) is 27.2 Å². The Labute approximate surface area is 182 Å². The summed E-state index contributed by atoms with van der Waals surface area (Å²) >= 11 is 0. The van der Waals surface area contributed by atoms with Crippen LogP contribution in [0.15, 0.2) is 43.0 Å². The lowest BCUT2D eigenvalue weighted by Gasteiger charge is -2.12. The Bertz CT molecular complexity index is 1190. The minimum absolute atomic E-state index is 0.0531. The molecule has 6 nitrogen and oxygen atoms in total. The highest BCUT2D eigenvalue weighted by Gasteiger charge is 2.32. The van der Waals surface area contributed by atoms with E-state index in [4.69, 9.17) is 9.47 Å². The monoisotopic (exact) mass is 417 g/mol. The van der Waals surface area contributed by atoms with Crippen LogP contribution in [-0.2, 0) is 6.42 Å². The number of anilines is 2. The van der Waals surface area contributed by atoms with Crippen molar-refractivity contribution in [1.29, 1.82) is 0 Å². The van der Waals surface area contributed by atoms with Gasteiger partial charge in [0.05, 0.1) is 19.9 Å². The van der Waals surface area contributed by atoms with Crippen molar-refractivity contribution in [2.75, 3.05) is 19.5 Å². The Kier molecular flexibility index (Phi) is 5.31. The second kappa shape index (κ2) is 7.95. The van der Waals surface area contributed by atoms with E-state index in [-0.39, 0.29) is 11.8 Å². The molecule has 1 heterocycles. The predicted octanol–water partition coefficient (Wildman–Crippen LogP) is 5.54. The molecule has 1 N–H and O–H groups in total. The third-order valence-electron chi connectivity index (χ3n) is 5.54. The maximum absolute atomic E-state index is 13.0. The van der Waals surface area contributed by atoms with Gasteiger partial charge in [-0.05, 0) is 42.3 Å². The van der Waals surface area contributed by atoms with E-state index in [0.29, 0.717) is 23.7 Å². The van der Waals surface area contributed by atoms with Crippen LogP contribution in [0.3, 0.4) is 0 Å². The summed E-state index contributed by atoms with van der Waals surface area (Å²) in [5, 5.41) is 8.10. The Morgan fingerprint density at radius 3 is 2.52 bits per heavy atom. The molecule has 0 saturated carbocycles. The van der Waals surface area contributed by atoms with Crippen LogP contribution in [0.4, 0.5) is 11.5 Å². The van der Waals surface area contributed by atoms with E-state index in [9.17, 15) is 4.79 Å². The van der Waals surface area contributed by atoms with Gasteiger partial charge in [0.1, 0.15) is 0 Å².